The molecule has 1 heterocycles. The number of nitrogens with two attached hydrogens (primary N) is 1. The van der Waals surface area contributed by atoms with Crippen molar-refractivity contribution in [2.75, 3.05) is 13.7 Å². The molecule has 0 radical (unpaired) electrons. The number of benzene rings is 2. The first kappa shape index (κ1) is 18.3. The number of fused-ring (bicyclic) bond motifs is 1. The van der Waals surface area contributed by atoms with Crippen LogP contribution in [0.1, 0.15) is 26.3 Å². The van der Waals surface area contributed by atoms with E-state index in [1.54, 1.807) is 31.2 Å². The molecular formula is C20H17NO6. The number of carbonyl (C=O) groups excluding carboxylic acids is 2. The van der Waals surface area contributed by atoms with Gasteiger partial charge in [0.15, 0.2) is 11.4 Å². The Balaban J connectivity index is 2.12. The van der Waals surface area contributed by atoms with Crippen LogP contribution >= 0.6 is 0 Å². The molecule has 2 aromatic carbocycles. The second-order valence-electron chi connectivity index (χ2n) is 5.81. The molecule has 0 saturated carbocycles. The molecule has 0 aliphatic heterocycles. The Kier molecular flexibility index (Phi) is 5.05. The monoisotopic (exact) mass is 367 g/mol. The molecule has 0 atom stereocenters. The standard InChI is InChI=1S/C20H17NO6/c1-11-8-17(23)27-19-14(11)6-7-16(18(19)15(22)10-21)26-20(24)12-4-3-5-13(9-12)25-2/h3-9H,10,21H2,1-2H3. The summed E-state index contributed by atoms with van der Waals surface area (Å²) in [7, 11) is 1.48. The van der Waals surface area contributed by atoms with Crippen LogP contribution in [0.25, 0.3) is 11.0 Å². The minimum Gasteiger partial charge on any atom is -0.497 e. The summed E-state index contributed by atoms with van der Waals surface area (Å²) in [4.78, 5) is 36.7. The molecule has 0 bridgehead atoms. The molecule has 0 spiro atoms. The normalized spacial score (nSPS) is 10.6. The fraction of sp³-hybridized carbons (Fsp3) is 0.150. The molecule has 3 rings (SSSR count). The molecule has 7 nitrogen and oxygen atoms in total. The van der Waals surface area contributed by atoms with Crippen LogP contribution in [0.2, 0.25) is 0 Å². The molecule has 0 saturated heterocycles. The molecule has 2 N–H and O–H groups in total. The first-order valence-electron chi connectivity index (χ1n) is 8.11. The maximum Gasteiger partial charge on any atom is 0.343 e. The van der Waals surface area contributed by atoms with E-state index in [2.05, 4.69) is 0 Å². The summed E-state index contributed by atoms with van der Waals surface area (Å²) in [6.45, 7) is 1.39. The minimum atomic E-state index is -0.686. The highest BCUT2D eigenvalue weighted by Gasteiger charge is 2.22. The molecule has 7 heteroatoms. The lowest BCUT2D eigenvalue weighted by Crippen LogP contribution is -2.18. The lowest BCUT2D eigenvalue weighted by atomic mass is 10.0. The van der Waals surface area contributed by atoms with Crippen molar-refractivity contribution in [2.45, 2.75) is 6.92 Å². The minimum absolute atomic E-state index is 0.0282. The second kappa shape index (κ2) is 7.43. The Morgan fingerprint density at radius 3 is 2.63 bits per heavy atom. The average Bonchev–Trinajstić information content (AvgIpc) is 2.67. The predicted octanol–water partition coefficient (Wildman–Crippen LogP) is 2.47. The number of ether oxygens (including phenoxy) is 2. The van der Waals surface area contributed by atoms with Crippen LogP contribution in [0.5, 0.6) is 11.5 Å². The van der Waals surface area contributed by atoms with Gasteiger partial charge < -0.3 is 19.6 Å². The van der Waals surface area contributed by atoms with Crippen LogP contribution in [0, 0.1) is 6.92 Å². The Morgan fingerprint density at radius 1 is 1.15 bits per heavy atom. The van der Waals surface area contributed by atoms with Crippen LogP contribution in [0.4, 0.5) is 0 Å². The molecule has 138 valence electrons. The Hall–Kier alpha value is -3.45. The highest BCUT2D eigenvalue weighted by molar-refractivity contribution is 6.10. The van der Waals surface area contributed by atoms with E-state index in [0.29, 0.717) is 16.7 Å². The number of hydrogen-bond donors (Lipinski definition) is 1. The van der Waals surface area contributed by atoms with Crippen molar-refractivity contribution in [2.24, 2.45) is 5.73 Å². The van der Waals surface area contributed by atoms with Gasteiger partial charge >= 0.3 is 11.6 Å². The smallest absolute Gasteiger partial charge is 0.343 e. The predicted molar refractivity (Wildman–Crippen MR) is 98.6 cm³/mol. The van der Waals surface area contributed by atoms with Crippen molar-refractivity contribution in [3.63, 3.8) is 0 Å². The Morgan fingerprint density at radius 2 is 1.93 bits per heavy atom. The maximum absolute atomic E-state index is 12.5. The molecule has 0 aliphatic carbocycles. The van der Waals surface area contributed by atoms with Gasteiger partial charge in [0.2, 0.25) is 0 Å². The first-order chi connectivity index (χ1) is 12.9. The average molecular weight is 367 g/mol. The maximum atomic E-state index is 12.5. The highest BCUT2D eigenvalue weighted by atomic mass is 16.5. The third kappa shape index (κ3) is 3.58. The molecule has 0 aliphatic rings. The zero-order chi connectivity index (χ0) is 19.6. The van der Waals surface area contributed by atoms with Crippen LogP contribution < -0.4 is 20.8 Å². The molecular weight excluding hydrogens is 350 g/mol. The summed E-state index contributed by atoms with van der Waals surface area (Å²) in [6, 6.07) is 10.8. The van der Waals surface area contributed by atoms with Crippen molar-refractivity contribution in [3.8, 4) is 11.5 Å². The van der Waals surface area contributed by atoms with E-state index in [9.17, 15) is 14.4 Å². The van der Waals surface area contributed by atoms with Crippen molar-refractivity contribution in [1.82, 2.24) is 0 Å². The van der Waals surface area contributed by atoms with Crippen molar-refractivity contribution < 1.29 is 23.5 Å². The van der Waals surface area contributed by atoms with E-state index in [0.717, 1.165) is 0 Å². The van der Waals surface area contributed by atoms with Gasteiger partial charge in [-0.25, -0.2) is 9.59 Å². The van der Waals surface area contributed by atoms with E-state index in [4.69, 9.17) is 19.6 Å². The number of aryl methyl sites for hydroxylation is 1. The number of esters is 1. The SMILES string of the molecule is COc1cccc(C(=O)Oc2ccc3c(C)cc(=O)oc3c2C(=O)CN)c1. The van der Waals surface area contributed by atoms with E-state index < -0.39 is 17.4 Å². The number of methoxy groups -OCH3 is 1. The third-order valence-electron chi connectivity index (χ3n) is 4.05. The van der Waals surface area contributed by atoms with E-state index >= 15 is 0 Å². The lowest BCUT2D eigenvalue weighted by Gasteiger charge is -2.12. The van der Waals surface area contributed by atoms with Crippen LogP contribution in [-0.4, -0.2) is 25.4 Å². The van der Waals surface area contributed by atoms with Gasteiger partial charge in [-0.1, -0.05) is 6.07 Å². The second-order valence-corrected chi connectivity index (χ2v) is 5.81. The van der Waals surface area contributed by atoms with Gasteiger partial charge in [0, 0.05) is 11.5 Å². The fourth-order valence-electron chi connectivity index (χ4n) is 2.73. The van der Waals surface area contributed by atoms with Gasteiger partial charge in [0.25, 0.3) is 0 Å². The molecule has 27 heavy (non-hydrogen) atoms. The van der Waals surface area contributed by atoms with Crippen LogP contribution in [0.3, 0.4) is 0 Å². The number of ketones is 1. The summed E-state index contributed by atoms with van der Waals surface area (Å²) >= 11 is 0. The topological polar surface area (TPSA) is 109 Å². The van der Waals surface area contributed by atoms with E-state index in [1.807, 2.05) is 0 Å². The molecule has 0 fully saturated rings. The first-order valence-corrected chi connectivity index (χ1v) is 8.11. The zero-order valence-electron chi connectivity index (χ0n) is 14.8. The highest BCUT2D eigenvalue weighted by Crippen LogP contribution is 2.30. The Labute approximate surface area is 154 Å². The summed E-state index contributed by atoms with van der Waals surface area (Å²) in [5, 5.41) is 0.563. The number of rotatable bonds is 5. The van der Waals surface area contributed by atoms with Gasteiger partial charge in [-0.15, -0.1) is 0 Å². The van der Waals surface area contributed by atoms with Gasteiger partial charge in [0.05, 0.1) is 19.2 Å². The summed E-state index contributed by atoms with van der Waals surface area (Å²) < 4.78 is 15.7. The summed E-state index contributed by atoms with van der Waals surface area (Å²) in [5.74, 6) is -0.737. The lowest BCUT2D eigenvalue weighted by molar-refractivity contribution is 0.0732. The zero-order valence-corrected chi connectivity index (χ0v) is 14.8. The number of hydrogen-bond acceptors (Lipinski definition) is 7. The quantitative estimate of drug-likeness (QED) is 0.319. The van der Waals surface area contributed by atoms with Crippen molar-refractivity contribution in [1.29, 1.82) is 0 Å². The van der Waals surface area contributed by atoms with Gasteiger partial charge in [-0.2, -0.15) is 0 Å². The summed E-state index contributed by atoms with van der Waals surface area (Å²) in [6.07, 6.45) is 0. The van der Waals surface area contributed by atoms with Gasteiger partial charge in [0.1, 0.15) is 17.1 Å². The van der Waals surface area contributed by atoms with Gasteiger partial charge in [-0.3, -0.25) is 4.79 Å². The number of Topliss-reactive ketones (excluding diaryl/α,β-unsaturated/α-hetero) is 1. The Bertz CT molecular complexity index is 1100. The van der Waals surface area contributed by atoms with E-state index in [1.165, 1.54) is 25.3 Å². The molecule has 3 aromatic rings. The van der Waals surface area contributed by atoms with Gasteiger partial charge in [-0.05, 0) is 42.8 Å². The molecule has 0 amide bonds. The molecule has 0 unspecified atom stereocenters. The summed E-state index contributed by atoms with van der Waals surface area (Å²) in [5.41, 5.74) is 5.78. The number of carbonyl (C=O) groups is 2. The van der Waals surface area contributed by atoms with Crippen molar-refractivity contribution in [3.05, 3.63) is 69.6 Å². The molecule has 1 aromatic heterocycles. The fourth-order valence-corrected chi connectivity index (χ4v) is 2.73. The van der Waals surface area contributed by atoms with E-state index in [-0.39, 0.29) is 29.0 Å². The van der Waals surface area contributed by atoms with Crippen molar-refractivity contribution >= 4 is 22.7 Å². The van der Waals surface area contributed by atoms with Crippen LogP contribution in [-0.2, 0) is 0 Å². The van der Waals surface area contributed by atoms with Crippen LogP contribution in [0.15, 0.2) is 51.7 Å². The third-order valence-corrected chi connectivity index (χ3v) is 4.05. The largest absolute Gasteiger partial charge is 0.497 e.